The van der Waals surface area contributed by atoms with Crippen molar-refractivity contribution in [2.45, 2.75) is 6.92 Å². The Morgan fingerprint density at radius 2 is 1.76 bits per heavy atom. The highest BCUT2D eigenvalue weighted by molar-refractivity contribution is 5.92. The van der Waals surface area contributed by atoms with E-state index in [9.17, 15) is 0 Å². The van der Waals surface area contributed by atoms with E-state index in [-0.39, 0.29) is 5.95 Å². The highest BCUT2D eigenvalue weighted by Crippen LogP contribution is 2.28. The molecule has 0 aliphatic rings. The smallest absolute Gasteiger partial charge is 0.224 e. The predicted molar refractivity (Wildman–Crippen MR) is 99.4 cm³/mol. The molecule has 0 radical (unpaired) electrons. The summed E-state index contributed by atoms with van der Waals surface area (Å²) in [5.74, 6) is 1.93. The molecular weight excluding hydrogens is 318 g/mol. The molecule has 7 heteroatoms. The zero-order valence-electron chi connectivity index (χ0n) is 14.3. The molecule has 0 unspecified atom stereocenters. The average molecular weight is 337 g/mol. The molecule has 0 spiro atoms. The van der Waals surface area contributed by atoms with Gasteiger partial charge in [-0.15, -0.1) is 0 Å². The summed E-state index contributed by atoms with van der Waals surface area (Å²) in [5.41, 5.74) is 14.8. The number of aromatic nitrogens is 3. The Kier molecular flexibility index (Phi) is 4.38. The normalized spacial score (nSPS) is 11.2. The van der Waals surface area contributed by atoms with E-state index in [1.54, 1.807) is 20.4 Å². The monoisotopic (exact) mass is 337 g/mol. The molecule has 0 saturated carbocycles. The SMILES string of the molecule is COc1ccc(OC)c(/C=C\c2cnc3nc(N)nc(N)c3c2C)c1. The summed E-state index contributed by atoms with van der Waals surface area (Å²) in [6, 6.07) is 5.61. The molecule has 0 aliphatic carbocycles. The second-order valence-electron chi connectivity index (χ2n) is 5.45. The number of nitrogens with zero attached hydrogens (tertiary/aromatic N) is 3. The van der Waals surface area contributed by atoms with E-state index in [1.807, 2.05) is 37.3 Å². The molecule has 0 amide bonds. The summed E-state index contributed by atoms with van der Waals surface area (Å²) in [6.45, 7) is 1.95. The lowest BCUT2D eigenvalue weighted by Gasteiger charge is -2.09. The number of rotatable bonds is 4. The summed E-state index contributed by atoms with van der Waals surface area (Å²) in [4.78, 5) is 12.5. The first-order valence-corrected chi connectivity index (χ1v) is 7.62. The van der Waals surface area contributed by atoms with Gasteiger partial charge in [-0.3, -0.25) is 0 Å². The van der Waals surface area contributed by atoms with Crippen LogP contribution in [0.1, 0.15) is 16.7 Å². The van der Waals surface area contributed by atoms with Gasteiger partial charge in [-0.05, 0) is 36.2 Å². The fraction of sp³-hybridized carbons (Fsp3) is 0.167. The number of hydrogen-bond acceptors (Lipinski definition) is 7. The van der Waals surface area contributed by atoms with Gasteiger partial charge in [0.05, 0.1) is 19.6 Å². The van der Waals surface area contributed by atoms with Gasteiger partial charge < -0.3 is 20.9 Å². The molecule has 0 atom stereocenters. The molecule has 2 heterocycles. The minimum atomic E-state index is 0.112. The zero-order valence-corrected chi connectivity index (χ0v) is 14.3. The summed E-state index contributed by atoms with van der Waals surface area (Å²) in [6.07, 6.45) is 5.60. The van der Waals surface area contributed by atoms with Gasteiger partial charge in [0.1, 0.15) is 17.3 Å². The van der Waals surface area contributed by atoms with Gasteiger partial charge in [-0.1, -0.05) is 12.2 Å². The molecular formula is C18H19N5O2. The van der Waals surface area contributed by atoms with E-state index in [0.29, 0.717) is 16.9 Å². The number of nitrogen functional groups attached to an aromatic ring is 2. The van der Waals surface area contributed by atoms with Gasteiger partial charge in [0.2, 0.25) is 5.95 Å². The van der Waals surface area contributed by atoms with Crippen LogP contribution in [0.5, 0.6) is 11.5 Å². The molecule has 25 heavy (non-hydrogen) atoms. The third kappa shape index (κ3) is 3.16. The first kappa shape index (κ1) is 16.5. The number of aryl methyl sites for hydroxylation is 1. The van der Waals surface area contributed by atoms with E-state index in [0.717, 1.165) is 28.2 Å². The van der Waals surface area contributed by atoms with E-state index in [2.05, 4.69) is 15.0 Å². The van der Waals surface area contributed by atoms with Crippen molar-refractivity contribution in [1.29, 1.82) is 0 Å². The van der Waals surface area contributed by atoms with Crippen LogP contribution < -0.4 is 20.9 Å². The molecule has 0 fully saturated rings. The van der Waals surface area contributed by atoms with Gasteiger partial charge in [-0.2, -0.15) is 9.97 Å². The van der Waals surface area contributed by atoms with Crippen molar-refractivity contribution in [3.63, 3.8) is 0 Å². The van der Waals surface area contributed by atoms with Crippen molar-refractivity contribution in [2.24, 2.45) is 0 Å². The van der Waals surface area contributed by atoms with Gasteiger partial charge >= 0.3 is 0 Å². The third-order valence-corrected chi connectivity index (χ3v) is 3.95. The van der Waals surface area contributed by atoms with Gasteiger partial charge in [0.15, 0.2) is 5.65 Å². The number of methoxy groups -OCH3 is 2. The number of benzene rings is 1. The Balaban J connectivity index is 2.06. The van der Waals surface area contributed by atoms with Crippen molar-refractivity contribution in [2.75, 3.05) is 25.7 Å². The molecule has 128 valence electrons. The first-order chi connectivity index (χ1) is 12.0. The Labute approximate surface area is 145 Å². The van der Waals surface area contributed by atoms with Crippen LogP contribution in [0.4, 0.5) is 11.8 Å². The minimum Gasteiger partial charge on any atom is -0.497 e. The van der Waals surface area contributed by atoms with Crippen LogP contribution in [-0.4, -0.2) is 29.2 Å². The van der Waals surface area contributed by atoms with Crippen molar-refractivity contribution >= 4 is 35.0 Å². The second kappa shape index (κ2) is 6.64. The number of pyridine rings is 1. The van der Waals surface area contributed by atoms with Crippen molar-refractivity contribution in [1.82, 2.24) is 15.0 Å². The van der Waals surface area contributed by atoms with E-state index in [1.165, 1.54) is 0 Å². The van der Waals surface area contributed by atoms with Crippen LogP contribution >= 0.6 is 0 Å². The molecule has 3 aromatic rings. The van der Waals surface area contributed by atoms with E-state index < -0.39 is 0 Å². The van der Waals surface area contributed by atoms with Crippen molar-refractivity contribution < 1.29 is 9.47 Å². The standard InChI is InChI=1S/C18H19N5O2/c1-10-12(9-21-17-15(10)16(19)22-18(20)23-17)5-4-11-8-13(24-2)6-7-14(11)25-3/h4-9H,1-3H3,(H4,19,20,21,22,23)/b5-4-. The van der Waals surface area contributed by atoms with Crippen molar-refractivity contribution in [3.8, 4) is 11.5 Å². The second-order valence-corrected chi connectivity index (χ2v) is 5.45. The lowest BCUT2D eigenvalue weighted by molar-refractivity contribution is 0.402. The zero-order chi connectivity index (χ0) is 18.0. The highest BCUT2D eigenvalue weighted by Gasteiger charge is 2.10. The van der Waals surface area contributed by atoms with Crippen molar-refractivity contribution in [3.05, 3.63) is 41.1 Å². The number of fused-ring (bicyclic) bond motifs is 1. The number of hydrogen-bond donors (Lipinski definition) is 2. The highest BCUT2D eigenvalue weighted by atomic mass is 16.5. The molecule has 0 saturated heterocycles. The third-order valence-electron chi connectivity index (χ3n) is 3.95. The number of ether oxygens (including phenoxy) is 2. The van der Waals surface area contributed by atoms with Crippen LogP contribution in [0.2, 0.25) is 0 Å². The number of anilines is 2. The summed E-state index contributed by atoms with van der Waals surface area (Å²) in [5, 5.41) is 0.703. The van der Waals surface area contributed by atoms with Crippen LogP contribution in [0.15, 0.2) is 24.4 Å². The molecule has 3 rings (SSSR count). The Bertz CT molecular complexity index is 969. The summed E-state index contributed by atoms with van der Waals surface area (Å²) >= 11 is 0. The average Bonchev–Trinajstić information content (AvgIpc) is 2.60. The topological polar surface area (TPSA) is 109 Å². The Morgan fingerprint density at radius 3 is 2.48 bits per heavy atom. The molecule has 2 aromatic heterocycles. The molecule has 0 bridgehead atoms. The summed E-state index contributed by atoms with van der Waals surface area (Å²) in [7, 11) is 3.26. The van der Waals surface area contributed by atoms with E-state index >= 15 is 0 Å². The lowest BCUT2D eigenvalue weighted by Crippen LogP contribution is -2.03. The fourth-order valence-corrected chi connectivity index (χ4v) is 2.63. The van der Waals surface area contributed by atoms with Crippen LogP contribution in [0.3, 0.4) is 0 Å². The first-order valence-electron chi connectivity index (χ1n) is 7.62. The minimum absolute atomic E-state index is 0.112. The largest absolute Gasteiger partial charge is 0.497 e. The predicted octanol–water partition coefficient (Wildman–Crippen LogP) is 2.69. The number of nitrogens with two attached hydrogens (primary N) is 2. The molecule has 4 N–H and O–H groups in total. The molecule has 1 aromatic carbocycles. The van der Waals surface area contributed by atoms with E-state index in [4.69, 9.17) is 20.9 Å². The van der Waals surface area contributed by atoms with Crippen LogP contribution in [0, 0.1) is 6.92 Å². The maximum atomic E-state index is 5.99. The fourth-order valence-electron chi connectivity index (χ4n) is 2.63. The molecule has 7 nitrogen and oxygen atoms in total. The maximum Gasteiger partial charge on any atom is 0.224 e. The molecule has 0 aliphatic heterocycles. The Morgan fingerprint density at radius 1 is 1.00 bits per heavy atom. The lowest BCUT2D eigenvalue weighted by atomic mass is 10.1. The van der Waals surface area contributed by atoms with Gasteiger partial charge in [-0.25, -0.2) is 4.98 Å². The maximum absolute atomic E-state index is 5.99. The quantitative estimate of drug-likeness (QED) is 0.753. The van der Waals surface area contributed by atoms with Crippen LogP contribution in [0.25, 0.3) is 23.2 Å². The Hall–Kier alpha value is -3.35. The van der Waals surface area contributed by atoms with Crippen LogP contribution in [-0.2, 0) is 0 Å². The van der Waals surface area contributed by atoms with Gasteiger partial charge in [0.25, 0.3) is 0 Å². The van der Waals surface area contributed by atoms with Gasteiger partial charge in [0, 0.05) is 11.8 Å². The summed E-state index contributed by atoms with van der Waals surface area (Å²) < 4.78 is 10.7.